The molecule has 22 heavy (non-hydrogen) atoms. The number of carbonyl (C=O) groups is 1. The second-order valence-electron chi connectivity index (χ2n) is 4.74. The largest absolute Gasteiger partial charge is 0.337 e. The van der Waals surface area contributed by atoms with Crippen molar-refractivity contribution in [2.24, 2.45) is 0 Å². The fourth-order valence-corrected chi connectivity index (χ4v) is 3.28. The van der Waals surface area contributed by atoms with Crippen LogP contribution in [0.2, 0.25) is 0 Å². The first kappa shape index (κ1) is 15.0. The molecular weight excluding hydrogens is 318 g/mol. The number of carbonyl (C=O) groups excluding carboxylic acids is 1. The lowest BCUT2D eigenvalue weighted by Gasteiger charge is -2.20. The normalized spacial score (nSPS) is 13.3. The van der Waals surface area contributed by atoms with Crippen LogP contribution in [0.15, 0.2) is 41.6 Å². The number of fused-ring (bicyclic) bond motifs is 1. The molecule has 0 radical (unpaired) electrons. The molecule has 114 valence electrons. The fourth-order valence-electron chi connectivity index (χ4n) is 2.13. The summed E-state index contributed by atoms with van der Waals surface area (Å²) in [5, 5.41) is 11.5. The molecule has 0 saturated carbocycles. The minimum atomic E-state index is -0.410. The molecular formula is C14H15N5OS2. The predicted molar refractivity (Wildman–Crippen MR) is 90.3 cm³/mol. The number of anilines is 2. The van der Waals surface area contributed by atoms with E-state index < -0.39 is 6.03 Å². The quantitative estimate of drug-likeness (QED) is 0.584. The van der Waals surface area contributed by atoms with Crippen molar-refractivity contribution >= 4 is 42.1 Å². The minimum absolute atomic E-state index is 0.345. The van der Waals surface area contributed by atoms with Gasteiger partial charge in [0.05, 0.1) is 5.69 Å². The van der Waals surface area contributed by atoms with E-state index in [9.17, 15) is 4.79 Å². The van der Waals surface area contributed by atoms with Gasteiger partial charge in [0, 0.05) is 18.4 Å². The first-order valence-corrected chi connectivity index (χ1v) is 8.18. The van der Waals surface area contributed by atoms with Gasteiger partial charge in [-0.3, -0.25) is 10.7 Å². The van der Waals surface area contributed by atoms with Gasteiger partial charge in [-0.15, -0.1) is 0 Å². The van der Waals surface area contributed by atoms with Crippen LogP contribution in [0.5, 0.6) is 0 Å². The standard InChI is InChI=1S/C14H15N5OS2/c15-11-9-12(17-14-18(11)7-4-8-22-14)16-13(20)19(21)10-5-2-1-3-6-10/h1-3,5-6,9,15,21H,4,7-8H2,(H,16,20). The van der Waals surface area contributed by atoms with E-state index in [0.29, 0.717) is 17.0 Å². The molecule has 0 unspecified atom stereocenters. The lowest BCUT2D eigenvalue weighted by Crippen LogP contribution is -2.30. The molecule has 0 saturated heterocycles. The van der Waals surface area contributed by atoms with Crippen LogP contribution in [0.1, 0.15) is 6.42 Å². The average molecular weight is 333 g/mol. The maximum absolute atomic E-state index is 12.2. The SMILES string of the molecule is N=c1cc(NC(=O)N(S)c2ccccc2)nc2n1CCCS2. The Labute approximate surface area is 137 Å². The number of para-hydroxylation sites is 1. The smallest absolute Gasteiger partial charge is 0.306 e. The molecule has 1 aliphatic heterocycles. The highest BCUT2D eigenvalue weighted by Gasteiger charge is 2.16. The zero-order valence-electron chi connectivity index (χ0n) is 11.7. The van der Waals surface area contributed by atoms with Crippen molar-refractivity contribution in [2.45, 2.75) is 18.1 Å². The number of rotatable bonds is 2. The Morgan fingerprint density at radius 2 is 2.18 bits per heavy atom. The van der Waals surface area contributed by atoms with Crippen LogP contribution in [-0.4, -0.2) is 21.3 Å². The van der Waals surface area contributed by atoms with Crippen molar-refractivity contribution in [3.8, 4) is 0 Å². The third kappa shape index (κ3) is 3.12. The molecule has 8 heteroatoms. The Morgan fingerprint density at radius 3 is 2.95 bits per heavy atom. The second kappa shape index (κ2) is 6.45. The molecule has 2 aromatic rings. The molecule has 0 fully saturated rings. The lowest BCUT2D eigenvalue weighted by atomic mass is 10.3. The van der Waals surface area contributed by atoms with Crippen molar-refractivity contribution in [3.05, 3.63) is 41.9 Å². The van der Waals surface area contributed by atoms with Gasteiger partial charge in [0.15, 0.2) is 5.16 Å². The Kier molecular flexibility index (Phi) is 4.39. The third-order valence-electron chi connectivity index (χ3n) is 3.20. The summed E-state index contributed by atoms with van der Waals surface area (Å²) in [7, 11) is 0. The van der Waals surface area contributed by atoms with Crippen molar-refractivity contribution < 1.29 is 4.79 Å². The molecule has 3 rings (SSSR count). The van der Waals surface area contributed by atoms with Gasteiger partial charge in [-0.2, -0.15) is 0 Å². The van der Waals surface area contributed by atoms with E-state index in [1.54, 1.807) is 30.0 Å². The van der Waals surface area contributed by atoms with Crippen LogP contribution in [0, 0.1) is 5.41 Å². The molecule has 0 bridgehead atoms. The number of hydrogen-bond acceptors (Lipinski definition) is 5. The molecule has 2 amide bonds. The highest BCUT2D eigenvalue weighted by Crippen LogP contribution is 2.22. The Morgan fingerprint density at radius 1 is 1.41 bits per heavy atom. The fraction of sp³-hybridized carbons (Fsp3) is 0.214. The summed E-state index contributed by atoms with van der Waals surface area (Å²) in [5.74, 6) is 1.35. The Balaban J connectivity index is 1.80. The van der Waals surface area contributed by atoms with Gasteiger partial charge < -0.3 is 4.57 Å². The van der Waals surface area contributed by atoms with Crippen molar-refractivity contribution in [1.29, 1.82) is 5.41 Å². The zero-order valence-corrected chi connectivity index (χ0v) is 13.4. The number of nitrogens with zero attached hydrogens (tertiary/aromatic N) is 3. The molecule has 6 nitrogen and oxygen atoms in total. The number of aromatic nitrogens is 2. The summed E-state index contributed by atoms with van der Waals surface area (Å²) >= 11 is 5.80. The first-order chi connectivity index (χ1) is 10.6. The molecule has 0 spiro atoms. The molecule has 2 heterocycles. The van der Waals surface area contributed by atoms with Crippen molar-refractivity contribution in [3.63, 3.8) is 0 Å². The molecule has 0 atom stereocenters. The van der Waals surface area contributed by atoms with E-state index >= 15 is 0 Å². The van der Waals surface area contributed by atoms with Crippen LogP contribution in [0.4, 0.5) is 16.3 Å². The number of benzene rings is 1. The topological polar surface area (TPSA) is 74.0 Å². The van der Waals surface area contributed by atoms with Crippen LogP contribution in [-0.2, 0) is 6.54 Å². The number of urea groups is 1. The lowest BCUT2D eigenvalue weighted by molar-refractivity contribution is 0.260. The predicted octanol–water partition coefficient (Wildman–Crippen LogP) is 2.74. The Bertz CT molecular complexity index is 747. The number of thiol groups is 1. The third-order valence-corrected chi connectivity index (χ3v) is 4.67. The van der Waals surface area contributed by atoms with E-state index in [2.05, 4.69) is 23.1 Å². The molecule has 1 aliphatic rings. The monoisotopic (exact) mass is 333 g/mol. The maximum atomic E-state index is 12.2. The first-order valence-electron chi connectivity index (χ1n) is 6.79. The van der Waals surface area contributed by atoms with Crippen LogP contribution in [0.3, 0.4) is 0 Å². The molecule has 2 N–H and O–H groups in total. The number of nitrogens with one attached hydrogen (secondary N) is 2. The summed E-state index contributed by atoms with van der Waals surface area (Å²) < 4.78 is 3.06. The summed E-state index contributed by atoms with van der Waals surface area (Å²) in [6.07, 6.45) is 1.03. The molecule has 1 aromatic heterocycles. The summed E-state index contributed by atoms with van der Waals surface area (Å²) in [4.78, 5) is 16.6. The van der Waals surface area contributed by atoms with E-state index in [1.807, 2.05) is 22.8 Å². The van der Waals surface area contributed by atoms with Gasteiger partial charge in [-0.1, -0.05) is 42.8 Å². The van der Waals surface area contributed by atoms with Crippen LogP contribution in [0.25, 0.3) is 0 Å². The second-order valence-corrected chi connectivity index (χ2v) is 6.20. The van der Waals surface area contributed by atoms with Crippen molar-refractivity contribution in [2.75, 3.05) is 15.4 Å². The maximum Gasteiger partial charge on any atom is 0.337 e. The van der Waals surface area contributed by atoms with Gasteiger partial charge in [-0.25, -0.2) is 14.1 Å². The average Bonchev–Trinajstić information content (AvgIpc) is 2.55. The van der Waals surface area contributed by atoms with E-state index in [1.165, 1.54) is 4.31 Å². The van der Waals surface area contributed by atoms with Gasteiger partial charge in [0.2, 0.25) is 0 Å². The summed E-state index contributed by atoms with van der Waals surface area (Å²) in [6.45, 7) is 0.797. The number of hydrogen-bond donors (Lipinski definition) is 3. The van der Waals surface area contributed by atoms with Gasteiger partial charge >= 0.3 is 6.03 Å². The summed E-state index contributed by atoms with van der Waals surface area (Å²) in [6, 6.07) is 10.3. The van der Waals surface area contributed by atoms with Crippen LogP contribution >= 0.6 is 24.6 Å². The number of thioether (sulfide) groups is 1. The zero-order chi connectivity index (χ0) is 15.5. The highest BCUT2D eigenvalue weighted by molar-refractivity contribution is 7.99. The highest BCUT2D eigenvalue weighted by atomic mass is 32.2. The van der Waals surface area contributed by atoms with Gasteiger partial charge in [0.1, 0.15) is 11.3 Å². The van der Waals surface area contributed by atoms with E-state index in [-0.39, 0.29) is 0 Å². The van der Waals surface area contributed by atoms with E-state index in [0.717, 1.165) is 23.9 Å². The van der Waals surface area contributed by atoms with Crippen LogP contribution < -0.4 is 15.1 Å². The molecule has 0 aliphatic carbocycles. The summed E-state index contributed by atoms with van der Waals surface area (Å²) in [5.41, 5.74) is 1.01. The Hall–Kier alpha value is -1.93. The van der Waals surface area contributed by atoms with Crippen molar-refractivity contribution in [1.82, 2.24) is 9.55 Å². The number of amides is 2. The minimum Gasteiger partial charge on any atom is -0.306 e. The molecule has 1 aromatic carbocycles. The van der Waals surface area contributed by atoms with Gasteiger partial charge in [-0.05, 0) is 18.6 Å². The van der Waals surface area contributed by atoms with E-state index in [4.69, 9.17) is 5.41 Å². The van der Waals surface area contributed by atoms with Gasteiger partial charge in [0.25, 0.3) is 0 Å².